The lowest BCUT2D eigenvalue weighted by Crippen LogP contribution is -2.30. The molecule has 7 nitrogen and oxygen atoms in total. The molecule has 0 saturated carbocycles. The van der Waals surface area contributed by atoms with Crippen LogP contribution in [0.2, 0.25) is 0 Å². The van der Waals surface area contributed by atoms with Crippen molar-refractivity contribution in [2.75, 3.05) is 20.2 Å². The Morgan fingerprint density at radius 2 is 2.24 bits per heavy atom. The lowest BCUT2D eigenvalue weighted by molar-refractivity contribution is -0.129. The molecule has 1 N–H and O–H groups in total. The summed E-state index contributed by atoms with van der Waals surface area (Å²) in [6, 6.07) is 8.05. The van der Waals surface area contributed by atoms with Crippen LogP contribution in [0.3, 0.4) is 0 Å². The molecule has 1 aliphatic heterocycles. The van der Waals surface area contributed by atoms with E-state index in [0.717, 1.165) is 25.3 Å². The number of hydrogen-bond acceptors (Lipinski definition) is 5. The van der Waals surface area contributed by atoms with E-state index in [9.17, 15) is 4.79 Å². The monoisotopic (exact) mass is 287 g/mol. The molecule has 1 atom stereocenters. The minimum absolute atomic E-state index is 0.0485. The highest BCUT2D eigenvalue weighted by atomic mass is 16.5. The lowest BCUT2D eigenvalue weighted by Gasteiger charge is -2.16. The summed E-state index contributed by atoms with van der Waals surface area (Å²) in [4.78, 5) is 14.0. The third-order valence-electron chi connectivity index (χ3n) is 3.83. The summed E-state index contributed by atoms with van der Waals surface area (Å²) in [6.07, 6.45) is 1.18. The second-order valence-electron chi connectivity index (χ2n) is 5.10. The molecule has 1 saturated heterocycles. The molecular formula is C14H17N5O2. The van der Waals surface area contributed by atoms with Gasteiger partial charge in [-0.05, 0) is 24.1 Å². The van der Waals surface area contributed by atoms with Gasteiger partial charge in [-0.25, -0.2) is 0 Å². The predicted molar refractivity (Wildman–Crippen MR) is 74.8 cm³/mol. The van der Waals surface area contributed by atoms with E-state index in [2.05, 4.69) is 32.8 Å². The Hall–Kier alpha value is -2.44. The van der Waals surface area contributed by atoms with E-state index >= 15 is 0 Å². The highest BCUT2D eigenvalue weighted by Gasteiger charge is 2.27. The Bertz CT molecular complexity index is 596. The third-order valence-corrected chi connectivity index (χ3v) is 3.83. The van der Waals surface area contributed by atoms with Crippen LogP contribution in [0.15, 0.2) is 24.3 Å². The second-order valence-corrected chi connectivity index (χ2v) is 5.10. The van der Waals surface area contributed by atoms with Gasteiger partial charge >= 0.3 is 0 Å². The molecule has 110 valence electrons. The summed E-state index contributed by atoms with van der Waals surface area (Å²) in [6.45, 7) is 1.51. The molecule has 1 fully saturated rings. The average molecular weight is 287 g/mol. The zero-order valence-corrected chi connectivity index (χ0v) is 11.8. The summed E-state index contributed by atoms with van der Waals surface area (Å²) >= 11 is 0. The first-order valence-electron chi connectivity index (χ1n) is 6.90. The molecule has 1 aromatic carbocycles. The van der Waals surface area contributed by atoms with E-state index in [4.69, 9.17) is 4.74 Å². The molecule has 1 aromatic heterocycles. The van der Waals surface area contributed by atoms with Crippen molar-refractivity contribution in [3.8, 4) is 5.75 Å². The van der Waals surface area contributed by atoms with Crippen LogP contribution in [0.4, 0.5) is 0 Å². The third kappa shape index (κ3) is 3.01. The van der Waals surface area contributed by atoms with E-state index in [1.807, 2.05) is 17.0 Å². The predicted octanol–water partition coefficient (Wildman–Crippen LogP) is 0.767. The van der Waals surface area contributed by atoms with Crippen molar-refractivity contribution >= 4 is 5.91 Å². The van der Waals surface area contributed by atoms with Gasteiger partial charge in [-0.15, -0.1) is 10.2 Å². The fourth-order valence-corrected chi connectivity index (χ4v) is 2.64. The first-order valence-corrected chi connectivity index (χ1v) is 6.90. The van der Waals surface area contributed by atoms with Crippen molar-refractivity contribution in [1.82, 2.24) is 25.5 Å². The van der Waals surface area contributed by atoms with Crippen molar-refractivity contribution in [3.05, 3.63) is 35.7 Å². The van der Waals surface area contributed by atoms with Crippen LogP contribution in [0.1, 0.15) is 23.7 Å². The fraction of sp³-hybridized carbons (Fsp3) is 0.429. The van der Waals surface area contributed by atoms with E-state index in [1.165, 1.54) is 5.56 Å². The second kappa shape index (κ2) is 5.90. The quantitative estimate of drug-likeness (QED) is 0.897. The van der Waals surface area contributed by atoms with E-state index < -0.39 is 0 Å². The minimum atomic E-state index is 0.0485. The number of hydrogen-bond donors (Lipinski definition) is 1. The number of ether oxygens (including phenoxy) is 1. The molecule has 2 aromatic rings. The summed E-state index contributed by atoms with van der Waals surface area (Å²) in [5.74, 6) is 1.72. The number of benzene rings is 1. The standard InChI is InChI=1S/C14H17N5O2/c1-21-12-4-2-10(3-5-12)11-6-7-19(9-11)14(20)8-13-15-17-18-16-13/h2-5,11H,6-9H2,1H3,(H,15,16,17,18). The maximum atomic E-state index is 12.2. The normalized spacial score (nSPS) is 18.0. The topological polar surface area (TPSA) is 84.0 Å². The number of carbonyl (C=O) groups is 1. The Morgan fingerprint density at radius 3 is 2.90 bits per heavy atom. The summed E-state index contributed by atoms with van der Waals surface area (Å²) < 4.78 is 5.16. The van der Waals surface area contributed by atoms with E-state index in [0.29, 0.717) is 11.7 Å². The van der Waals surface area contributed by atoms with Gasteiger partial charge in [-0.2, -0.15) is 5.21 Å². The maximum absolute atomic E-state index is 12.2. The average Bonchev–Trinajstić information content (AvgIpc) is 3.18. The number of aromatic amines is 1. The Morgan fingerprint density at radius 1 is 1.43 bits per heavy atom. The zero-order chi connectivity index (χ0) is 14.7. The van der Waals surface area contributed by atoms with Gasteiger partial charge in [0.1, 0.15) is 5.75 Å². The number of methoxy groups -OCH3 is 1. The zero-order valence-electron chi connectivity index (χ0n) is 11.8. The number of rotatable bonds is 4. The maximum Gasteiger partial charge on any atom is 0.230 e. The fourth-order valence-electron chi connectivity index (χ4n) is 2.64. The van der Waals surface area contributed by atoms with E-state index in [-0.39, 0.29) is 12.3 Å². The summed E-state index contributed by atoms with van der Waals surface area (Å²) in [5.41, 5.74) is 1.24. The summed E-state index contributed by atoms with van der Waals surface area (Å²) in [7, 11) is 1.66. The van der Waals surface area contributed by atoms with Gasteiger partial charge in [0.25, 0.3) is 0 Å². The molecule has 2 heterocycles. The van der Waals surface area contributed by atoms with Crippen LogP contribution in [-0.4, -0.2) is 51.6 Å². The SMILES string of the molecule is COc1ccc(C2CCN(C(=O)Cc3nn[nH]n3)C2)cc1. The number of carbonyl (C=O) groups excluding carboxylic acids is 1. The van der Waals surface area contributed by atoms with E-state index in [1.54, 1.807) is 7.11 Å². The van der Waals surface area contributed by atoms with Crippen LogP contribution in [0.25, 0.3) is 0 Å². The van der Waals surface area contributed by atoms with Crippen molar-refractivity contribution in [1.29, 1.82) is 0 Å². The first-order chi connectivity index (χ1) is 10.3. The highest BCUT2D eigenvalue weighted by molar-refractivity contribution is 5.78. The van der Waals surface area contributed by atoms with Crippen molar-refractivity contribution < 1.29 is 9.53 Å². The van der Waals surface area contributed by atoms with Gasteiger partial charge in [-0.1, -0.05) is 17.3 Å². The van der Waals surface area contributed by atoms with Crippen molar-refractivity contribution in [2.24, 2.45) is 0 Å². The Labute approximate surface area is 122 Å². The van der Waals surface area contributed by atoms with Gasteiger partial charge in [0, 0.05) is 19.0 Å². The molecule has 7 heteroatoms. The highest BCUT2D eigenvalue weighted by Crippen LogP contribution is 2.28. The number of amides is 1. The minimum Gasteiger partial charge on any atom is -0.497 e. The number of tetrazole rings is 1. The molecule has 0 radical (unpaired) electrons. The van der Waals surface area contributed by atoms with Crippen molar-refractivity contribution in [3.63, 3.8) is 0 Å². The van der Waals surface area contributed by atoms with Gasteiger partial charge in [0.05, 0.1) is 13.5 Å². The van der Waals surface area contributed by atoms with Crippen molar-refractivity contribution in [2.45, 2.75) is 18.8 Å². The number of H-pyrrole nitrogens is 1. The molecular weight excluding hydrogens is 270 g/mol. The number of likely N-dealkylation sites (tertiary alicyclic amines) is 1. The molecule has 0 bridgehead atoms. The summed E-state index contributed by atoms with van der Waals surface area (Å²) in [5, 5.41) is 13.5. The number of nitrogens with one attached hydrogen (secondary N) is 1. The number of aromatic nitrogens is 4. The molecule has 0 spiro atoms. The molecule has 0 aliphatic carbocycles. The van der Waals surface area contributed by atoms with Crippen LogP contribution in [0.5, 0.6) is 5.75 Å². The Kier molecular flexibility index (Phi) is 3.81. The van der Waals surface area contributed by atoms with Gasteiger partial charge in [0.15, 0.2) is 5.82 Å². The lowest BCUT2D eigenvalue weighted by atomic mass is 9.98. The smallest absolute Gasteiger partial charge is 0.230 e. The molecule has 3 rings (SSSR count). The van der Waals surface area contributed by atoms with Crippen LogP contribution < -0.4 is 4.74 Å². The molecule has 1 aliphatic rings. The molecule has 21 heavy (non-hydrogen) atoms. The molecule has 1 amide bonds. The van der Waals surface area contributed by atoms with Gasteiger partial charge in [0.2, 0.25) is 5.91 Å². The van der Waals surface area contributed by atoms with Crippen LogP contribution in [-0.2, 0) is 11.2 Å². The van der Waals surface area contributed by atoms with Crippen LogP contribution in [0, 0.1) is 0 Å². The van der Waals surface area contributed by atoms with Gasteiger partial charge in [-0.3, -0.25) is 4.79 Å². The number of nitrogens with zero attached hydrogens (tertiary/aromatic N) is 4. The van der Waals surface area contributed by atoms with Crippen LogP contribution >= 0.6 is 0 Å². The molecule has 1 unspecified atom stereocenters. The first kappa shape index (κ1) is 13.5. The van der Waals surface area contributed by atoms with Gasteiger partial charge < -0.3 is 9.64 Å². The largest absolute Gasteiger partial charge is 0.497 e. The Balaban J connectivity index is 1.60.